The summed E-state index contributed by atoms with van der Waals surface area (Å²) in [5.41, 5.74) is 1.99. The Balaban J connectivity index is 0.000000141. The van der Waals surface area contributed by atoms with E-state index >= 15 is 0 Å². The van der Waals surface area contributed by atoms with Crippen LogP contribution in [0.2, 0.25) is 0 Å². The second-order valence-electron chi connectivity index (χ2n) is 4.98. The van der Waals surface area contributed by atoms with E-state index in [0.29, 0.717) is 5.39 Å². The molecule has 0 aliphatic carbocycles. The van der Waals surface area contributed by atoms with Gasteiger partial charge < -0.3 is 9.97 Å². The first-order chi connectivity index (χ1) is 11.6. The minimum absolute atomic E-state index is 0.127. The molecule has 0 radical (unpaired) electrons. The van der Waals surface area contributed by atoms with Crippen LogP contribution in [-0.2, 0) is 0 Å². The molecule has 4 aromatic rings. The summed E-state index contributed by atoms with van der Waals surface area (Å²) in [5.74, 6) is 0. The van der Waals surface area contributed by atoms with Crippen LogP contribution < -0.4 is 0 Å². The molecule has 0 unspecified atom stereocenters. The number of non-ortho nitro benzene ring substituents is 2. The third-order valence-corrected chi connectivity index (χ3v) is 3.52. The van der Waals surface area contributed by atoms with Gasteiger partial charge in [0.1, 0.15) is 0 Å². The Morgan fingerprint density at radius 1 is 0.792 bits per heavy atom. The maximum absolute atomic E-state index is 10.5. The van der Waals surface area contributed by atoms with Gasteiger partial charge in [-0.3, -0.25) is 20.2 Å². The zero-order chi connectivity index (χ0) is 17.1. The van der Waals surface area contributed by atoms with Crippen molar-refractivity contribution >= 4 is 33.2 Å². The Bertz CT molecular complexity index is 1030. The number of nitrogens with zero attached hydrogens (tertiary/aromatic N) is 2. The zero-order valence-corrected chi connectivity index (χ0v) is 12.3. The number of hydrogen-bond donors (Lipinski definition) is 2. The lowest BCUT2D eigenvalue weighted by atomic mass is 10.2. The van der Waals surface area contributed by atoms with Crippen LogP contribution in [0.15, 0.2) is 60.9 Å². The number of rotatable bonds is 2. The number of H-pyrrole nitrogens is 2. The van der Waals surface area contributed by atoms with Gasteiger partial charge in [-0.25, -0.2) is 0 Å². The van der Waals surface area contributed by atoms with Crippen LogP contribution in [0.4, 0.5) is 11.4 Å². The minimum atomic E-state index is -0.396. The number of aromatic amines is 2. The highest BCUT2D eigenvalue weighted by Gasteiger charge is 2.10. The van der Waals surface area contributed by atoms with Gasteiger partial charge >= 0.3 is 0 Å². The van der Waals surface area contributed by atoms with Gasteiger partial charge in [-0.05, 0) is 24.3 Å². The van der Waals surface area contributed by atoms with Crippen molar-refractivity contribution < 1.29 is 9.85 Å². The highest BCUT2D eigenvalue weighted by atomic mass is 16.6. The van der Waals surface area contributed by atoms with E-state index in [1.807, 2.05) is 12.1 Å². The maximum Gasteiger partial charge on any atom is 0.278 e. The van der Waals surface area contributed by atoms with Gasteiger partial charge in [0, 0.05) is 41.5 Å². The molecule has 0 aliphatic heterocycles. The van der Waals surface area contributed by atoms with E-state index in [1.165, 1.54) is 12.1 Å². The standard InChI is InChI=1S/2C8H6N2O2/c11-10(12)7-1-2-8-6(5-7)3-4-9-8;11-10(12)8-3-1-2-7-6(8)4-5-9-7/h2*1-5,9H. The molecule has 4 rings (SSSR count). The molecular weight excluding hydrogens is 312 g/mol. The predicted octanol–water partition coefficient (Wildman–Crippen LogP) is 4.15. The molecule has 0 fully saturated rings. The second-order valence-corrected chi connectivity index (χ2v) is 4.98. The first kappa shape index (κ1) is 15.2. The van der Waals surface area contributed by atoms with Crippen molar-refractivity contribution in [2.45, 2.75) is 0 Å². The predicted molar refractivity (Wildman–Crippen MR) is 89.9 cm³/mol. The van der Waals surface area contributed by atoms with E-state index in [9.17, 15) is 20.2 Å². The summed E-state index contributed by atoms with van der Waals surface area (Å²) in [6.07, 6.45) is 3.45. The monoisotopic (exact) mass is 324 g/mol. The van der Waals surface area contributed by atoms with Crippen molar-refractivity contribution in [2.75, 3.05) is 0 Å². The van der Waals surface area contributed by atoms with E-state index in [1.54, 1.807) is 36.7 Å². The quantitative estimate of drug-likeness (QED) is 0.425. The molecule has 0 atom stereocenters. The van der Waals surface area contributed by atoms with Crippen LogP contribution in [0.25, 0.3) is 21.8 Å². The molecule has 24 heavy (non-hydrogen) atoms. The van der Waals surface area contributed by atoms with Gasteiger partial charge in [-0.15, -0.1) is 0 Å². The van der Waals surface area contributed by atoms with Gasteiger partial charge in [-0.1, -0.05) is 6.07 Å². The molecule has 0 amide bonds. The lowest BCUT2D eigenvalue weighted by Gasteiger charge is -1.91. The number of hydrogen-bond acceptors (Lipinski definition) is 4. The zero-order valence-electron chi connectivity index (χ0n) is 12.3. The van der Waals surface area contributed by atoms with Gasteiger partial charge in [0.05, 0.1) is 20.7 Å². The molecule has 2 aromatic carbocycles. The van der Waals surface area contributed by atoms with E-state index in [0.717, 1.165) is 16.4 Å². The number of benzene rings is 2. The molecular formula is C16H12N4O4. The van der Waals surface area contributed by atoms with Crippen LogP contribution in [0.5, 0.6) is 0 Å². The normalized spacial score (nSPS) is 10.3. The Kier molecular flexibility index (Phi) is 3.94. The highest BCUT2D eigenvalue weighted by Crippen LogP contribution is 2.23. The molecule has 0 aliphatic rings. The molecule has 8 nitrogen and oxygen atoms in total. The highest BCUT2D eigenvalue weighted by molar-refractivity contribution is 5.88. The Labute approximate surface area is 135 Å². The van der Waals surface area contributed by atoms with Crippen molar-refractivity contribution in [1.82, 2.24) is 9.97 Å². The first-order valence-electron chi connectivity index (χ1n) is 6.98. The van der Waals surface area contributed by atoms with E-state index in [4.69, 9.17) is 0 Å². The van der Waals surface area contributed by atoms with Gasteiger partial charge in [0.15, 0.2) is 0 Å². The van der Waals surface area contributed by atoms with E-state index in [2.05, 4.69) is 9.97 Å². The topological polar surface area (TPSA) is 118 Å². The number of nitro groups is 2. The van der Waals surface area contributed by atoms with E-state index in [-0.39, 0.29) is 16.3 Å². The van der Waals surface area contributed by atoms with Gasteiger partial charge in [0.25, 0.3) is 11.4 Å². The van der Waals surface area contributed by atoms with Crippen LogP contribution in [-0.4, -0.2) is 19.8 Å². The molecule has 0 spiro atoms. The van der Waals surface area contributed by atoms with Gasteiger partial charge in [-0.2, -0.15) is 0 Å². The summed E-state index contributed by atoms with van der Waals surface area (Å²) < 4.78 is 0. The summed E-state index contributed by atoms with van der Waals surface area (Å²) >= 11 is 0. The first-order valence-corrected chi connectivity index (χ1v) is 6.98. The smallest absolute Gasteiger partial charge is 0.278 e. The summed E-state index contributed by atoms with van der Waals surface area (Å²) in [6.45, 7) is 0. The van der Waals surface area contributed by atoms with Crippen LogP contribution in [0.1, 0.15) is 0 Å². The largest absolute Gasteiger partial charge is 0.361 e. The fourth-order valence-electron chi connectivity index (χ4n) is 2.38. The average molecular weight is 324 g/mol. The average Bonchev–Trinajstić information content (AvgIpc) is 3.22. The molecule has 2 N–H and O–H groups in total. The fourth-order valence-corrected chi connectivity index (χ4v) is 2.38. The molecule has 0 bridgehead atoms. The summed E-state index contributed by atoms with van der Waals surface area (Å²) in [5, 5.41) is 22.4. The number of fused-ring (bicyclic) bond motifs is 2. The van der Waals surface area contributed by atoms with Crippen molar-refractivity contribution in [3.05, 3.63) is 81.2 Å². The molecule has 2 aromatic heterocycles. The number of nitro benzene ring substituents is 2. The second kappa shape index (κ2) is 6.21. The SMILES string of the molecule is O=[N+]([O-])c1ccc2[nH]ccc2c1.O=[N+]([O-])c1cccc2[nH]ccc12. The fraction of sp³-hybridized carbons (Fsp3) is 0. The molecule has 0 saturated carbocycles. The lowest BCUT2D eigenvalue weighted by molar-refractivity contribution is -0.384. The van der Waals surface area contributed by atoms with Crippen molar-refractivity contribution in [3.63, 3.8) is 0 Å². The summed E-state index contributed by atoms with van der Waals surface area (Å²) in [7, 11) is 0. The van der Waals surface area contributed by atoms with Crippen LogP contribution in [0.3, 0.4) is 0 Å². The molecule has 2 heterocycles. The van der Waals surface area contributed by atoms with Crippen molar-refractivity contribution in [1.29, 1.82) is 0 Å². The summed E-state index contributed by atoms with van der Waals surface area (Å²) in [6, 6.07) is 13.2. The lowest BCUT2D eigenvalue weighted by Crippen LogP contribution is -1.87. The third-order valence-electron chi connectivity index (χ3n) is 3.52. The third kappa shape index (κ3) is 2.93. The van der Waals surface area contributed by atoms with E-state index < -0.39 is 4.92 Å². The molecule has 120 valence electrons. The van der Waals surface area contributed by atoms with Crippen molar-refractivity contribution in [2.24, 2.45) is 0 Å². The van der Waals surface area contributed by atoms with Crippen LogP contribution >= 0.6 is 0 Å². The Morgan fingerprint density at radius 2 is 1.54 bits per heavy atom. The summed E-state index contributed by atoms with van der Waals surface area (Å²) in [4.78, 5) is 26.0. The Morgan fingerprint density at radius 3 is 2.29 bits per heavy atom. The molecule has 0 saturated heterocycles. The molecule has 8 heteroatoms. The number of nitrogens with one attached hydrogen (secondary N) is 2. The van der Waals surface area contributed by atoms with Gasteiger partial charge in [0.2, 0.25) is 0 Å². The van der Waals surface area contributed by atoms with Crippen LogP contribution in [0, 0.1) is 20.2 Å². The minimum Gasteiger partial charge on any atom is -0.361 e. The maximum atomic E-state index is 10.5. The Hall–Kier alpha value is -3.68. The number of aromatic nitrogens is 2. The van der Waals surface area contributed by atoms with Crippen molar-refractivity contribution in [3.8, 4) is 0 Å².